The van der Waals surface area contributed by atoms with Crippen LogP contribution in [0.25, 0.3) is 0 Å². The van der Waals surface area contributed by atoms with E-state index in [0.717, 1.165) is 24.4 Å². The Hall–Kier alpha value is -1.09. The molecule has 0 bridgehead atoms. The van der Waals surface area contributed by atoms with E-state index in [2.05, 4.69) is 43.5 Å². The number of hydrogen-bond acceptors (Lipinski definition) is 1. The molecule has 0 amide bonds. The van der Waals surface area contributed by atoms with E-state index in [9.17, 15) is 0 Å². The average molecular weight is 347 g/mol. The fourth-order valence-electron chi connectivity index (χ4n) is 3.70. The highest BCUT2D eigenvalue weighted by atomic mass is 32.1. The number of hydrogen-bond donors (Lipinski definition) is 2. The van der Waals surface area contributed by atoms with Gasteiger partial charge in [0.1, 0.15) is 0 Å². The molecular weight excluding hydrogens is 312 g/mol. The van der Waals surface area contributed by atoms with Gasteiger partial charge in [-0.25, -0.2) is 0 Å². The Morgan fingerprint density at radius 2 is 1.46 bits per heavy atom. The van der Waals surface area contributed by atoms with Crippen molar-refractivity contribution in [1.82, 2.24) is 5.32 Å². The van der Waals surface area contributed by atoms with Crippen LogP contribution in [0.5, 0.6) is 0 Å². The largest absolute Gasteiger partial charge is 0.360 e. The van der Waals surface area contributed by atoms with Crippen LogP contribution in [0.4, 0.5) is 5.69 Å². The maximum atomic E-state index is 5.65. The smallest absolute Gasteiger partial charge is 0.171 e. The van der Waals surface area contributed by atoms with Gasteiger partial charge in [0.05, 0.1) is 0 Å². The molecule has 1 aromatic rings. The van der Waals surface area contributed by atoms with Gasteiger partial charge in [0.2, 0.25) is 0 Å². The Balaban J connectivity index is 2.07. The first kappa shape index (κ1) is 19.2. The Morgan fingerprint density at radius 1 is 0.917 bits per heavy atom. The third kappa shape index (κ3) is 5.47. The Morgan fingerprint density at radius 3 is 1.96 bits per heavy atom. The summed E-state index contributed by atoms with van der Waals surface area (Å²) < 4.78 is 0. The maximum Gasteiger partial charge on any atom is 0.171 e. The first-order valence-corrected chi connectivity index (χ1v) is 10.3. The normalized spacial score (nSPS) is 16.3. The molecule has 1 saturated carbocycles. The summed E-state index contributed by atoms with van der Waals surface area (Å²) in [5, 5.41) is 7.92. The van der Waals surface area contributed by atoms with E-state index in [1.54, 1.807) is 0 Å². The monoisotopic (exact) mass is 346 g/mol. The standard InChI is InChI=1S/C21H34N2S/c1-4-16-14-17(5-2)20(18(6-3)15-16)23-21(24)22-19-12-10-8-7-9-11-13-19/h14-15,19H,4-13H2,1-3H3,(H2,22,23,24). The third-order valence-corrected chi connectivity index (χ3v) is 5.43. The summed E-state index contributed by atoms with van der Waals surface area (Å²) in [4.78, 5) is 0. The molecule has 0 atom stereocenters. The number of aryl methyl sites for hydroxylation is 3. The first-order valence-electron chi connectivity index (χ1n) is 9.90. The predicted octanol–water partition coefficient (Wildman–Crippen LogP) is 5.77. The van der Waals surface area contributed by atoms with Crippen LogP contribution in [0.15, 0.2) is 12.1 Å². The SMILES string of the molecule is CCc1cc(CC)c(NC(=S)NC2CCCCCCC2)c(CC)c1. The minimum Gasteiger partial charge on any atom is -0.360 e. The minimum atomic E-state index is 0.537. The second-order valence-electron chi connectivity index (χ2n) is 6.99. The third-order valence-electron chi connectivity index (χ3n) is 5.21. The molecule has 134 valence electrons. The number of nitrogens with one attached hydrogen (secondary N) is 2. The van der Waals surface area contributed by atoms with Gasteiger partial charge in [-0.1, -0.05) is 65.0 Å². The molecule has 3 heteroatoms. The van der Waals surface area contributed by atoms with E-state index in [1.807, 2.05) is 0 Å². The van der Waals surface area contributed by atoms with Crippen molar-refractivity contribution in [1.29, 1.82) is 0 Å². The molecular formula is C21H34N2S. The van der Waals surface area contributed by atoms with Crippen molar-refractivity contribution in [2.24, 2.45) is 0 Å². The Labute approximate surface area is 153 Å². The van der Waals surface area contributed by atoms with E-state index in [0.29, 0.717) is 6.04 Å². The van der Waals surface area contributed by atoms with Gasteiger partial charge in [-0.15, -0.1) is 0 Å². The van der Waals surface area contributed by atoms with Gasteiger partial charge in [-0.05, 0) is 61.0 Å². The number of rotatable bonds is 5. The molecule has 0 unspecified atom stereocenters. The topological polar surface area (TPSA) is 24.1 Å². The maximum absolute atomic E-state index is 5.65. The molecule has 2 N–H and O–H groups in total. The fourth-order valence-corrected chi connectivity index (χ4v) is 3.97. The zero-order chi connectivity index (χ0) is 17.4. The second kappa shape index (κ2) is 10.0. The van der Waals surface area contributed by atoms with Crippen LogP contribution in [0.3, 0.4) is 0 Å². The van der Waals surface area contributed by atoms with Crippen LogP contribution in [0.1, 0.15) is 82.4 Å². The van der Waals surface area contributed by atoms with Gasteiger partial charge >= 0.3 is 0 Å². The van der Waals surface area contributed by atoms with Crippen molar-refractivity contribution >= 4 is 23.0 Å². The lowest BCUT2D eigenvalue weighted by molar-refractivity contribution is 0.430. The number of anilines is 1. The van der Waals surface area contributed by atoms with Gasteiger partial charge in [-0.2, -0.15) is 0 Å². The quantitative estimate of drug-likeness (QED) is 0.662. The summed E-state index contributed by atoms with van der Waals surface area (Å²) in [6.07, 6.45) is 12.5. The van der Waals surface area contributed by atoms with Crippen LogP contribution in [0.2, 0.25) is 0 Å². The van der Waals surface area contributed by atoms with Gasteiger partial charge in [0.25, 0.3) is 0 Å². The van der Waals surface area contributed by atoms with Crippen molar-refractivity contribution < 1.29 is 0 Å². The summed E-state index contributed by atoms with van der Waals surface area (Å²) in [7, 11) is 0. The molecule has 0 saturated heterocycles. The van der Waals surface area contributed by atoms with Crippen LogP contribution in [-0.4, -0.2) is 11.2 Å². The highest BCUT2D eigenvalue weighted by Gasteiger charge is 2.14. The molecule has 0 radical (unpaired) electrons. The van der Waals surface area contributed by atoms with Crippen molar-refractivity contribution in [3.05, 3.63) is 28.8 Å². The lowest BCUT2D eigenvalue weighted by atomic mass is 9.97. The molecule has 24 heavy (non-hydrogen) atoms. The van der Waals surface area contributed by atoms with E-state index in [1.165, 1.54) is 67.3 Å². The first-order chi connectivity index (χ1) is 11.7. The number of thiocarbonyl (C=S) groups is 1. The highest BCUT2D eigenvalue weighted by Crippen LogP contribution is 2.25. The van der Waals surface area contributed by atoms with Gasteiger partial charge in [-0.3, -0.25) is 0 Å². The molecule has 0 aliphatic heterocycles. The van der Waals surface area contributed by atoms with Crippen LogP contribution in [0, 0.1) is 0 Å². The molecule has 2 rings (SSSR count). The second-order valence-corrected chi connectivity index (χ2v) is 7.40. The summed E-state index contributed by atoms with van der Waals surface area (Å²) in [5.74, 6) is 0. The lowest BCUT2D eigenvalue weighted by Crippen LogP contribution is -2.38. The van der Waals surface area contributed by atoms with E-state index in [4.69, 9.17) is 12.2 Å². The van der Waals surface area contributed by atoms with Crippen LogP contribution < -0.4 is 10.6 Å². The zero-order valence-electron chi connectivity index (χ0n) is 15.7. The average Bonchev–Trinajstić information content (AvgIpc) is 2.57. The summed E-state index contributed by atoms with van der Waals surface area (Å²) in [6, 6.07) is 5.20. The predicted molar refractivity (Wildman–Crippen MR) is 110 cm³/mol. The molecule has 2 nitrogen and oxygen atoms in total. The van der Waals surface area contributed by atoms with Crippen molar-refractivity contribution in [3.8, 4) is 0 Å². The van der Waals surface area contributed by atoms with E-state index < -0.39 is 0 Å². The Bertz CT molecular complexity index is 506. The molecule has 1 fully saturated rings. The molecule has 0 aromatic heterocycles. The van der Waals surface area contributed by atoms with Gasteiger partial charge < -0.3 is 10.6 Å². The van der Waals surface area contributed by atoms with Gasteiger partial charge in [0, 0.05) is 11.7 Å². The molecule has 0 spiro atoms. The summed E-state index contributed by atoms with van der Waals surface area (Å²) in [6.45, 7) is 6.68. The van der Waals surface area contributed by atoms with Crippen LogP contribution >= 0.6 is 12.2 Å². The highest BCUT2D eigenvalue weighted by molar-refractivity contribution is 7.80. The molecule has 1 aromatic carbocycles. The minimum absolute atomic E-state index is 0.537. The fraction of sp³-hybridized carbons (Fsp3) is 0.667. The van der Waals surface area contributed by atoms with Crippen molar-refractivity contribution in [3.63, 3.8) is 0 Å². The summed E-state index contributed by atoms with van der Waals surface area (Å²) >= 11 is 5.65. The lowest BCUT2D eigenvalue weighted by Gasteiger charge is -2.24. The molecule has 1 aliphatic rings. The van der Waals surface area contributed by atoms with Crippen molar-refractivity contribution in [2.45, 2.75) is 91.0 Å². The summed E-state index contributed by atoms with van der Waals surface area (Å²) in [5.41, 5.74) is 5.43. The van der Waals surface area contributed by atoms with E-state index >= 15 is 0 Å². The van der Waals surface area contributed by atoms with Crippen molar-refractivity contribution in [2.75, 3.05) is 5.32 Å². The zero-order valence-corrected chi connectivity index (χ0v) is 16.5. The van der Waals surface area contributed by atoms with E-state index in [-0.39, 0.29) is 0 Å². The van der Waals surface area contributed by atoms with Gasteiger partial charge in [0.15, 0.2) is 5.11 Å². The number of benzene rings is 1. The molecule has 0 heterocycles. The Kier molecular flexibility index (Phi) is 8.04. The molecule has 1 aliphatic carbocycles. The van der Waals surface area contributed by atoms with Crippen LogP contribution in [-0.2, 0) is 19.3 Å².